The molecule has 2 aromatic carbocycles. The van der Waals surface area contributed by atoms with Crippen LogP contribution in [-0.2, 0) is 46.9 Å². The van der Waals surface area contributed by atoms with Gasteiger partial charge in [0.25, 0.3) is 0 Å². The van der Waals surface area contributed by atoms with Crippen LogP contribution >= 0.6 is 0 Å². The third kappa shape index (κ3) is 8.31. The van der Waals surface area contributed by atoms with E-state index in [0.29, 0.717) is 37.8 Å². The summed E-state index contributed by atoms with van der Waals surface area (Å²) in [6.45, 7) is 12.3. The highest BCUT2D eigenvalue weighted by Crippen LogP contribution is 2.33. The lowest BCUT2D eigenvalue weighted by Crippen LogP contribution is -2.48. The molecule has 2 aliphatic rings. The summed E-state index contributed by atoms with van der Waals surface area (Å²) in [7, 11) is 0. The number of ether oxygens (including phenoxy) is 1. The lowest BCUT2D eigenvalue weighted by molar-refractivity contribution is -0.136. The van der Waals surface area contributed by atoms with Crippen molar-refractivity contribution < 1.29 is 18.7 Å². The third-order valence-electron chi connectivity index (χ3n) is 9.70. The summed E-state index contributed by atoms with van der Waals surface area (Å²) in [5, 5.41) is 12.7. The second kappa shape index (κ2) is 16.1. The first-order valence-corrected chi connectivity index (χ1v) is 17.8. The van der Waals surface area contributed by atoms with Gasteiger partial charge in [0.15, 0.2) is 5.65 Å². The Hall–Kier alpha value is -4.39. The molecule has 2 amide bonds. The molecule has 266 valence electrons. The molecule has 6 rings (SSSR count). The van der Waals surface area contributed by atoms with Crippen LogP contribution in [0.5, 0.6) is 0 Å². The number of nitrogens with zero attached hydrogens (tertiary/aromatic N) is 5. The number of amides is 2. The van der Waals surface area contributed by atoms with E-state index in [1.165, 1.54) is 6.07 Å². The Labute approximate surface area is 293 Å². The topological polar surface area (TPSA) is 131 Å². The van der Waals surface area contributed by atoms with Gasteiger partial charge < -0.3 is 26.0 Å². The summed E-state index contributed by atoms with van der Waals surface area (Å²) in [6, 6.07) is 13.6. The molecule has 12 heteroatoms. The number of piperazine rings is 1. The zero-order chi connectivity index (χ0) is 35.2. The SMILES string of the molecule is CCc1nc2c(cnn2CC)c(NC2CCOCC2)c1CN(Cc1ccc(F)c(-c2cccc(CN3CCN[C@@H](C)C3)c2)c1)C(=O)CC(N)=O. The van der Waals surface area contributed by atoms with Crippen molar-refractivity contribution in [2.45, 2.75) is 84.7 Å². The van der Waals surface area contributed by atoms with Gasteiger partial charge in [-0.25, -0.2) is 14.1 Å². The molecule has 1 atom stereocenters. The Balaban J connectivity index is 1.33. The number of pyridine rings is 1. The summed E-state index contributed by atoms with van der Waals surface area (Å²) in [4.78, 5) is 34.8. The van der Waals surface area contributed by atoms with Gasteiger partial charge >= 0.3 is 0 Å². The summed E-state index contributed by atoms with van der Waals surface area (Å²) in [6.07, 6.45) is 3.73. The minimum absolute atomic E-state index is 0.157. The highest BCUT2D eigenvalue weighted by Gasteiger charge is 2.26. The van der Waals surface area contributed by atoms with Crippen molar-refractivity contribution in [1.29, 1.82) is 0 Å². The fourth-order valence-corrected chi connectivity index (χ4v) is 7.13. The Bertz CT molecular complexity index is 1820. The molecule has 11 nitrogen and oxygen atoms in total. The molecule has 2 aromatic heterocycles. The highest BCUT2D eigenvalue weighted by molar-refractivity contribution is 5.96. The summed E-state index contributed by atoms with van der Waals surface area (Å²) in [5.41, 5.74) is 12.0. The number of anilines is 1. The first-order chi connectivity index (χ1) is 24.2. The average Bonchev–Trinajstić information content (AvgIpc) is 3.52. The standard InChI is InChI=1S/C38H49FN8O3/c1-4-34-32(37(43-29-11-15-50-16-12-29)31-20-42-47(5-2)38(31)44-34)24-46(36(49)19-35(40)48)23-27-9-10-33(39)30(18-27)28-8-6-7-26(17-28)22-45-14-13-41-25(3)21-45/h6-10,17-18,20,25,29,41H,4-5,11-16,19,21-24H2,1-3H3,(H2,40,48)(H,43,44)/t25-/m0/s1. The lowest BCUT2D eigenvalue weighted by Gasteiger charge is -2.31. The Morgan fingerprint density at radius 2 is 1.94 bits per heavy atom. The van der Waals surface area contributed by atoms with Gasteiger partial charge in [0.2, 0.25) is 11.8 Å². The first kappa shape index (κ1) is 35.4. The number of nitrogens with one attached hydrogen (secondary N) is 2. The van der Waals surface area contributed by atoms with Crippen LogP contribution in [0, 0.1) is 5.82 Å². The molecule has 0 spiro atoms. The minimum Gasteiger partial charge on any atom is -0.381 e. The molecule has 2 aliphatic heterocycles. The number of fused-ring (bicyclic) bond motifs is 1. The van der Waals surface area contributed by atoms with Gasteiger partial charge in [0, 0.05) is 87.9 Å². The lowest BCUT2D eigenvalue weighted by atomic mass is 9.99. The first-order valence-electron chi connectivity index (χ1n) is 17.8. The van der Waals surface area contributed by atoms with E-state index in [9.17, 15) is 9.59 Å². The number of carbonyl (C=O) groups is 2. The molecular formula is C38H49FN8O3. The smallest absolute Gasteiger partial charge is 0.232 e. The van der Waals surface area contributed by atoms with Crippen LogP contribution in [0.3, 0.4) is 0 Å². The monoisotopic (exact) mass is 684 g/mol. The fraction of sp³-hybridized carbons (Fsp3) is 0.474. The number of hydrogen-bond acceptors (Lipinski definition) is 8. The Morgan fingerprint density at radius 3 is 2.68 bits per heavy atom. The number of halogens is 1. The average molecular weight is 685 g/mol. The summed E-state index contributed by atoms with van der Waals surface area (Å²) < 4.78 is 23.0. The second-order valence-corrected chi connectivity index (χ2v) is 13.5. The van der Waals surface area contributed by atoms with Crippen molar-refractivity contribution >= 4 is 28.5 Å². The van der Waals surface area contributed by atoms with Crippen LogP contribution in [0.2, 0.25) is 0 Å². The van der Waals surface area contributed by atoms with E-state index >= 15 is 4.39 Å². The molecule has 2 fully saturated rings. The van der Waals surface area contributed by atoms with E-state index < -0.39 is 18.2 Å². The minimum atomic E-state index is -0.704. The van der Waals surface area contributed by atoms with Crippen molar-refractivity contribution in [3.8, 4) is 11.1 Å². The molecule has 2 saturated heterocycles. The number of benzene rings is 2. The van der Waals surface area contributed by atoms with Crippen LogP contribution in [0.1, 0.15) is 62.4 Å². The number of nitrogens with two attached hydrogens (primary N) is 1. The normalized spacial score (nSPS) is 17.2. The number of aromatic nitrogens is 3. The van der Waals surface area contributed by atoms with Crippen molar-refractivity contribution in [2.24, 2.45) is 5.73 Å². The van der Waals surface area contributed by atoms with E-state index in [1.807, 2.05) is 42.9 Å². The van der Waals surface area contributed by atoms with Crippen LogP contribution in [0.4, 0.5) is 10.1 Å². The van der Waals surface area contributed by atoms with E-state index in [0.717, 1.165) is 83.7 Å². The Morgan fingerprint density at radius 1 is 1.12 bits per heavy atom. The number of carbonyl (C=O) groups excluding carboxylic acids is 2. The zero-order valence-corrected chi connectivity index (χ0v) is 29.4. The maximum Gasteiger partial charge on any atom is 0.232 e. The maximum absolute atomic E-state index is 15.5. The van der Waals surface area contributed by atoms with Crippen molar-refractivity contribution in [3.63, 3.8) is 0 Å². The van der Waals surface area contributed by atoms with Crippen LogP contribution in [0.25, 0.3) is 22.2 Å². The third-order valence-corrected chi connectivity index (χ3v) is 9.70. The molecule has 4 N–H and O–H groups in total. The van der Waals surface area contributed by atoms with E-state index in [1.54, 1.807) is 17.0 Å². The number of hydrogen-bond donors (Lipinski definition) is 3. The van der Waals surface area contributed by atoms with E-state index in [2.05, 4.69) is 33.6 Å². The van der Waals surface area contributed by atoms with Gasteiger partial charge in [-0.2, -0.15) is 5.10 Å². The Kier molecular flexibility index (Phi) is 11.4. The van der Waals surface area contributed by atoms with Gasteiger partial charge in [-0.15, -0.1) is 0 Å². The molecule has 0 aliphatic carbocycles. The highest BCUT2D eigenvalue weighted by atomic mass is 19.1. The van der Waals surface area contributed by atoms with Crippen molar-refractivity contribution in [1.82, 2.24) is 29.9 Å². The summed E-state index contributed by atoms with van der Waals surface area (Å²) in [5.74, 6) is -1.45. The molecule has 50 heavy (non-hydrogen) atoms. The van der Waals surface area contributed by atoms with Gasteiger partial charge in [-0.1, -0.05) is 31.2 Å². The van der Waals surface area contributed by atoms with Gasteiger partial charge in [0.1, 0.15) is 12.2 Å². The number of primary amides is 1. The van der Waals surface area contributed by atoms with Crippen molar-refractivity contribution in [2.75, 3.05) is 38.2 Å². The van der Waals surface area contributed by atoms with Crippen LogP contribution < -0.4 is 16.4 Å². The van der Waals surface area contributed by atoms with E-state index in [4.69, 9.17) is 15.5 Å². The largest absolute Gasteiger partial charge is 0.381 e. The predicted molar refractivity (Wildman–Crippen MR) is 193 cm³/mol. The molecule has 4 heterocycles. The van der Waals surface area contributed by atoms with Crippen LogP contribution in [0.15, 0.2) is 48.7 Å². The quantitative estimate of drug-likeness (QED) is 0.174. The zero-order valence-electron chi connectivity index (χ0n) is 29.4. The number of aryl methyl sites for hydroxylation is 2. The maximum atomic E-state index is 15.5. The predicted octanol–water partition coefficient (Wildman–Crippen LogP) is 4.61. The van der Waals surface area contributed by atoms with Crippen molar-refractivity contribution in [3.05, 3.63) is 76.9 Å². The second-order valence-electron chi connectivity index (χ2n) is 13.5. The van der Waals surface area contributed by atoms with E-state index in [-0.39, 0.29) is 24.9 Å². The van der Waals surface area contributed by atoms with Crippen LogP contribution in [-0.4, -0.2) is 81.3 Å². The molecule has 0 bridgehead atoms. The molecule has 0 saturated carbocycles. The fourth-order valence-electron chi connectivity index (χ4n) is 7.13. The molecule has 0 radical (unpaired) electrons. The number of rotatable bonds is 13. The summed E-state index contributed by atoms with van der Waals surface area (Å²) >= 11 is 0. The van der Waals surface area contributed by atoms with Gasteiger partial charge in [-0.3, -0.25) is 14.5 Å². The molecular weight excluding hydrogens is 635 g/mol. The van der Waals surface area contributed by atoms with Gasteiger partial charge in [-0.05, 0) is 68.0 Å². The van der Waals surface area contributed by atoms with Gasteiger partial charge in [0.05, 0.1) is 17.3 Å². The molecule has 4 aromatic rings. The molecule has 0 unspecified atom stereocenters.